The minimum absolute atomic E-state index is 0.0484. The minimum Gasteiger partial charge on any atom is -0.290 e. The average molecular weight is 296 g/mol. The number of carbonyl (C=O) groups excluding carboxylic acids is 2. The van der Waals surface area contributed by atoms with Gasteiger partial charge in [0.05, 0.1) is 0 Å². The van der Waals surface area contributed by atoms with Crippen LogP contribution in [0.25, 0.3) is 5.57 Å². The largest absolute Gasteiger partial charge is 0.290 e. The maximum atomic E-state index is 12.6. The smallest absolute Gasteiger partial charge is 0.187 e. The molecule has 1 aromatic rings. The van der Waals surface area contributed by atoms with Crippen LogP contribution in [-0.4, -0.2) is 11.6 Å². The molecule has 1 aliphatic carbocycles. The molecule has 0 amide bonds. The third-order valence-electron chi connectivity index (χ3n) is 3.87. The number of allylic oxidation sites excluding steroid dienone is 4. The fourth-order valence-corrected chi connectivity index (χ4v) is 3.35. The van der Waals surface area contributed by atoms with Crippen molar-refractivity contribution in [2.45, 2.75) is 41.0 Å². The van der Waals surface area contributed by atoms with Crippen LogP contribution in [0.2, 0.25) is 0 Å². The summed E-state index contributed by atoms with van der Waals surface area (Å²) in [5.74, 6) is -0.129. The van der Waals surface area contributed by atoms with Crippen molar-refractivity contribution in [1.29, 1.82) is 0 Å². The summed E-state index contributed by atoms with van der Waals surface area (Å²) in [6.45, 7) is 10.5. The molecule has 1 aliphatic rings. The van der Waals surface area contributed by atoms with E-state index < -0.39 is 0 Å². The van der Waals surface area contributed by atoms with Gasteiger partial charge in [-0.15, -0.1) is 0 Å². The molecule has 2 heteroatoms. The number of benzene rings is 1. The van der Waals surface area contributed by atoms with Gasteiger partial charge in [-0.25, -0.2) is 0 Å². The van der Waals surface area contributed by atoms with E-state index in [1.807, 2.05) is 44.2 Å². The van der Waals surface area contributed by atoms with Crippen LogP contribution in [0.1, 0.15) is 46.6 Å². The molecular formula is C20H24O2. The van der Waals surface area contributed by atoms with E-state index in [9.17, 15) is 9.59 Å². The van der Waals surface area contributed by atoms with E-state index in [1.54, 1.807) is 0 Å². The third kappa shape index (κ3) is 3.62. The molecule has 0 saturated heterocycles. The fourth-order valence-electron chi connectivity index (χ4n) is 3.35. The SMILES string of the molecule is CC(C)(C)CC(C)(C)C1=CC(=O)C(c2ccccc2)=CC1=O. The molecular weight excluding hydrogens is 272 g/mol. The van der Waals surface area contributed by atoms with E-state index in [0.29, 0.717) is 11.1 Å². The topological polar surface area (TPSA) is 34.1 Å². The van der Waals surface area contributed by atoms with Gasteiger partial charge < -0.3 is 0 Å². The molecule has 0 N–H and O–H groups in total. The van der Waals surface area contributed by atoms with Crippen molar-refractivity contribution in [2.24, 2.45) is 10.8 Å². The summed E-state index contributed by atoms with van der Waals surface area (Å²) >= 11 is 0. The Kier molecular flexibility index (Phi) is 4.23. The molecule has 2 nitrogen and oxygen atoms in total. The van der Waals surface area contributed by atoms with Gasteiger partial charge in [0.25, 0.3) is 0 Å². The first-order valence-corrected chi connectivity index (χ1v) is 7.68. The van der Waals surface area contributed by atoms with Crippen molar-refractivity contribution < 1.29 is 9.59 Å². The van der Waals surface area contributed by atoms with Gasteiger partial charge in [-0.3, -0.25) is 9.59 Å². The monoisotopic (exact) mass is 296 g/mol. The lowest BCUT2D eigenvalue weighted by molar-refractivity contribution is -0.115. The van der Waals surface area contributed by atoms with Crippen LogP contribution in [0, 0.1) is 10.8 Å². The quantitative estimate of drug-likeness (QED) is 0.763. The summed E-state index contributed by atoms with van der Waals surface area (Å²) < 4.78 is 0. The molecule has 22 heavy (non-hydrogen) atoms. The van der Waals surface area contributed by atoms with Gasteiger partial charge in [-0.05, 0) is 35.0 Å². The maximum absolute atomic E-state index is 12.6. The molecule has 0 bridgehead atoms. The molecule has 0 aliphatic heterocycles. The standard InChI is InChI=1S/C20H24O2/c1-19(2,3)13-20(4,5)16-12-17(21)15(11-18(16)22)14-9-7-6-8-10-14/h6-12H,13H2,1-5H3. The van der Waals surface area contributed by atoms with Gasteiger partial charge in [0.2, 0.25) is 0 Å². The predicted molar refractivity (Wildman–Crippen MR) is 90.4 cm³/mol. The molecule has 0 saturated carbocycles. The fraction of sp³-hybridized carbons (Fsp3) is 0.400. The van der Waals surface area contributed by atoms with Crippen LogP contribution in [0.3, 0.4) is 0 Å². The van der Waals surface area contributed by atoms with Gasteiger partial charge in [0.1, 0.15) is 0 Å². The van der Waals surface area contributed by atoms with Gasteiger partial charge >= 0.3 is 0 Å². The minimum atomic E-state index is -0.316. The average Bonchev–Trinajstić information content (AvgIpc) is 2.39. The van der Waals surface area contributed by atoms with E-state index in [0.717, 1.165) is 12.0 Å². The molecule has 2 rings (SSSR count). The van der Waals surface area contributed by atoms with Crippen molar-refractivity contribution in [3.8, 4) is 0 Å². The Labute approximate surface area is 132 Å². The molecule has 0 atom stereocenters. The van der Waals surface area contributed by atoms with Crippen molar-refractivity contribution in [3.05, 3.63) is 53.6 Å². The molecule has 0 radical (unpaired) electrons. The normalized spacial score (nSPS) is 16.4. The lowest BCUT2D eigenvalue weighted by Gasteiger charge is -2.34. The Balaban J connectivity index is 2.33. The summed E-state index contributed by atoms with van der Waals surface area (Å²) in [4.78, 5) is 25.0. The van der Waals surface area contributed by atoms with Gasteiger partial charge in [0.15, 0.2) is 11.6 Å². The highest BCUT2D eigenvalue weighted by Crippen LogP contribution is 2.41. The highest BCUT2D eigenvalue weighted by atomic mass is 16.1. The Morgan fingerprint density at radius 3 is 1.95 bits per heavy atom. The van der Waals surface area contributed by atoms with Crippen molar-refractivity contribution in [3.63, 3.8) is 0 Å². The van der Waals surface area contributed by atoms with E-state index in [1.165, 1.54) is 12.2 Å². The summed E-state index contributed by atoms with van der Waals surface area (Å²) in [5, 5.41) is 0. The van der Waals surface area contributed by atoms with Crippen LogP contribution in [0.15, 0.2) is 48.1 Å². The Hall–Kier alpha value is -1.96. The molecule has 0 fully saturated rings. The van der Waals surface area contributed by atoms with E-state index in [-0.39, 0.29) is 22.4 Å². The lowest BCUT2D eigenvalue weighted by atomic mass is 9.69. The highest BCUT2D eigenvalue weighted by Gasteiger charge is 2.35. The number of hydrogen-bond acceptors (Lipinski definition) is 2. The second-order valence-corrected chi connectivity index (χ2v) is 7.83. The second-order valence-electron chi connectivity index (χ2n) is 7.83. The first-order valence-electron chi connectivity index (χ1n) is 7.68. The van der Waals surface area contributed by atoms with E-state index >= 15 is 0 Å². The van der Waals surface area contributed by atoms with Crippen molar-refractivity contribution in [2.75, 3.05) is 0 Å². The third-order valence-corrected chi connectivity index (χ3v) is 3.87. The van der Waals surface area contributed by atoms with E-state index in [4.69, 9.17) is 0 Å². The van der Waals surface area contributed by atoms with Crippen molar-refractivity contribution >= 4 is 17.1 Å². The summed E-state index contributed by atoms with van der Waals surface area (Å²) in [5.41, 5.74) is 1.68. The van der Waals surface area contributed by atoms with Gasteiger partial charge in [0, 0.05) is 11.1 Å². The van der Waals surface area contributed by atoms with Crippen molar-refractivity contribution in [1.82, 2.24) is 0 Å². The zero-order valence-corrected chi connectivity index (χ0v) is 14.1. The predicted octanol–water partition coefficient (Wildman–Crippen LogP) is 4.61. The first-order chi connectivity index (χ1) is 10.1. The molecule has 116 valence electrons. The van der Waals surface area contributed by atoms with Gasteiger partial charge in [-0.2, -0.15) is 0 Å². The molecule has 0 unspecified atom stereocenters. The van der Waals surface area contributed by atoms with Crippen LogP contribution in [0.5, 0.6) is 0 Å². The summed E-state index contributed by atoms with van der Waals surface area (Å²) in [7, 11) is 0. The Morgan fingerprint density at radius 2 is 1.41 bits per heavy atom. The number of ketones is 2. The Morgan fingerprint density at radius 1 is 0.818 bits per heavy atom. The maximum Gasteiger partial charge on any atom is 0.187 e. The molecule has 0 heterocycles. The lowest BCUT2D eigenvalue weighted by Crippen LogP contribution is -2.29. The molecule has 1 aromatic carbocycles. The zero-order chi connectivity index (χ0) is 16.5. The molecule has 0 spiro atoms. The highest BCUT2D eigenvalue weighted by molar-refractivity contribution is 6.35. The first kappa shape index (κ1) is 16.4. The summed E-state index contributed by atoms with van der Waals surface area (Å²) in [6.07, 6.45) is 3.88. The number of rotatable bonds is 3. The summed E-state index contributed by atoms with van der Waals surface area (Å²) in [6, 6.07) is 9.35. The van der Waals surface area contributed by atoms with Crippen LogP contribution in [0.4, 0.5) is 0 Å². The van der Waals surface area contributed by atoms with Crippen LogP contribution in [-0.2, 0) is 9.59 Å². The van der Waals surface area contributed by atoms with Gasteiger partial charge in [-0.1, -0.05) is 65.0 Å². The van der Waals surface area contributed by atoms with E-state index in [2.05, 4.69) is 20.8 Å². The number of hydrogen-bond donors (Lipinski definition) is 0. The van der Waals surface area contributed by atoms with Crippen LogP contribution < -0.4 is 0 Å². The Bertz CT molecular complexity index is 653. The van der Waals surface area contributed by atoms with Crippen LogP contribution >= 0.6 is 0 Å². The second kappa shape index (κ2) is 5.68. The zero-order valence-electron chi connectivity index (χ0n) is 14.1. The molecule has 0 aromatic heterocycles. The number of carbonyl (C=O) groups is 2.